The van der Waals surface area contributed by atoms with Crippen LogP contribution in [0.1, 0.15) is 11.1 Å². The first-order chi connectivity index (χ1) is 12.1. The smallest absolute Gasteiger partial charge is 0.408 e. The molecule has 0 heterocycles. The van der Waals surface area contributed by atoms with Crippen molar-refractivity contribution in [2.24, 2.45) is 0 Å². The highest BCUT2D eigenvalue weighted by Gasteiger charge is 2.20. The predicted molar refractivity (Wildman–Crippen MR) is 96.3 cm³/mol. The molecule has 6 nitrogen and oxygen atoms in total. The third kappa shape index (κ3) is 6.25. The number of rotatable bonds is 8. The summed E-state index contributed by atoms with van der Waals surface area (Å²) in [4.78, 5) is 12.0. The van der Waals surface area contributed by atoms with Gasteiger partial charge < -0.3 is 19.3 Å². The Bertz CT molecular complexity index is 690. The van der Waals surface area contributed by atoms with E-state index in [1.54, 1.807) is 7.11 Å². The number of hydrogen-bond acceptors (Lipinski definition) is 5. The lowest BCUT2D eigenvalue weighted by atomic mass is 10.1. The van der Waals surface area contributed by atoms with Gasteiger partial charge in [-0.05, 0) is 23.3 Å². The van der Waals surface area contributed by atoms with Gasteiger partial charge in [0.25, 0.3) is 0 Å². The van der Waals surface area contributed by atoms with Crippen molar-refractivity contribution in [1.82, 2.24) is 5.32 Å². The second-order valence-corrected chi connectivity index (χ2v) is 7.08. The Labute approximate surface area is 148 Å². The zero-order valence-corrected chi connectivity index (χ0v) is 15.2. The van der Waals surface area contributed by atoms with Gasteiger partial charge in [0.05, 0.1) is 7.11 Å². The lowest BCUT2D eigenvalue weighted by Crippen LogP contribution is -2.34. The molecule has 7 heteroatoms. The molecule has 25 heavy (non-hydrogen) atoms. The number of hydrogen-bond donors (Lipinski definition) is 1. The molecule has 0 aliphatic heterocycles. The summed E-state index contributed by atoms with van der Waals surface area (Å²) in [5.74, 6) is 0.0848. The molecule has 0 aliphatic rings. The Morgan fingerprint density at radius 2 is 1.72 bits per heavy atom. The molecule has 2 aromatic rings. The van der Waals surface area contributed by atoms with Gasteiger partial charge in [0.1, 0.15) is 18.1 Å². The zero-order chi connectivity index (χ0) is 18.1. The van der Waals surface area contributed by atoms with Crippen molar-refractivity contribution in [3.8, 4) is 5.75 Å². The van der Waals surface area contributed by atoms with Crippen molar-refractivity contribution in [2.45, 2.75) is 18.8 Å². The minimum absolute atomic E-state index is 0.149. The highest BCUT2D eigenvalue weighted by Crippen LogP contribution is 2.29. The Morgan fingerprint density at radius 3 is 2.32 bits per heavy atom. The molecule has 0 saturated carbocycles. The third-order valence-corrected chi connectivity index (χ3v) is 4.91. The molecule has 2 rings (SSSR count). The highest BCUT2D eigenvalue weighted by atomic mass is 31.1. The van der Waals surface area contributed by atoms with E-state index in [4.69, 9.17) is 14.0 Å². The fraction of sp³-hybridized carbons (Fsp3) is 0.278. The summed E-state index contributed by atoms with van der Waals surface area (Å²) in [6, 6.07) is 16.7. The second kappa shape index (κ2) is 9.87. The van der Waals surface area contributed by atoms with Gasteiger partial charge in [-0.3, -0.25) is 4.57 Å². The average Bonchev–Trinajstić information content (AvgIpc) is 2.66. The van der Waals surface area contributed by atoms with Crippen LogP contribution in [-0.4, -0.2) is 26.1 Å². The summed E-state index contributed by atoms with van der Waals surface area (Å²) >= 11 is 0. The first-order valence-corrected chi connectivity index (χ1v) is 9.19. The van der Waals surface area contributed by atoms with Crippen LogP contribution in [0, 0.1) is 0 Å². The van der Waals surface area contributed by atoms with Gasteiger partial charge in [-0.25, -0.2) is 4.79 Å². The Kier molecular flexibility index (Phi) is 7.51. The molecule has 0 spiro atoms. The largest absolute Gasteiger partial charge is 0.497 e. The molecule has 1 N–H and O–H groups in total. The van der Waals surface area contributed by atoms with Gasteiger partial charge in [-0.15, -0.1) is 0 Å². The van der Waals surface area contributed by atoms with Crippen LogP contribution >= 0.6 is 8.03 Å². The quantitative estimate of drug-likeness (QED) is 0.725. The van der Waals surface area contributed by atoms with Gasteiger partial charge in [0, 0.05) is 13.5 Å². The maximum atomic E-state index is 12.1. The molecule has 0 fully saturated rings. The van der Waals surface area contributed by atoms with E-state index in [0.29, 0.717) is 6.42 Å². The predicted octanol–water partition coefficient (Wildman–Crippen LogP) is 3.61. The minimum Gasteiger partial charge on any atom is -0.497 e. The standard InChI is InChI=1S/C18H22NO5P/c1-22-16-10-8-14(9-11-16)12-17(25(21)23-2)19-18(20)24-13-15-6-4-3-5-7-15/h3-11,17,25H,12-13H2,1-2H3,(H,19,20)/t17-/m1/s1. The molecule has 0 bridgehead atoms. The normalized spacial score (nSPS) is 12.9. The number of nitrogens with one attached hydrogen (secondary N) is 1. The van der Waals surface area contributed by atoms with E-state index in [9.17, 15) is 9.36 Å². The number of amides is 1. The number of alkyl carbamates (subject to hydrolysis) is 1. The van der Waals surface area contributed by atoms with Crippen molar-refractivity contribution in [3.05, 3.63) is 65.7 Å². The van der Waals surface area contributed by atoms with Crippen molar-refractivity contribution in [2.75, 3.05) is 14.2 Å². The van der Waals surface area contributed by atoms with Gasteiger partial charge in [0.15, 0.2) is 0 Å². The number of benzene rings is 2. The topological polar surface area (TPSA) is 73.9 Å². The summed E-state index contributed by atoms with van der Waals surface area (Å²) in [6.45, 7) is 0.149. The fourth-order valence-electron chi connectivity index (χ4n) is 2.24. The van der Waals surface area contributed by atoms with Gasteiger partial charge >= 0.3 is 6.09 Å². The average molecular weight is 363 g/mol. The van der Waals surface area contributed by atoms with Crippen LogP contribution in [0.5, 0.6) is 5.75 Å². The minimum atomic E-state index is -2.45. The summed E-state index contributed by atoms with van der Waals surface area (Å²) < 4.78 is 27.4. The molecule has 1 unspecified atom stereocenters. The summed E-state index contributed by atoms with van der Waals surface area (Å²) in [5, 5.41) is 2.63. The maximum Gasteiger partial charge on any atom is 0.408 e. The van der Waals surface area contributed by atoms with E-state index in [1.165, 1.54) is 7.11 Å². The molecule has 2 aromatic carbocycles. The van der Waals surface area contributed by atoms with Crippen molar-refractivity contribution in [3.63, 3.8) is 0 Å². The van der Waals surface area contributed by atoms with Crippen LogP contribution in [0.25, 0.3) is 0 Å². The third-order valence-electron chi connectivity index (χ3n) is 3.59. The van der Waals surface area contributed by atoms with E-state index in [2.05, 4.69) is 5.32 Å². The summed E-state index contributed by atoms with van der Waals surface area (Å²) in [6.07, 6.45) is -0.256. The summed E-state index contributed by atoms with van der Waals surface area (Å²) in [7, 11) is 0.499. The SMILES string of the molecule is COc1ccc(C[C@H](NC(=O)OCc2ccccc2)[PH](=O)OC)cc1. The maximum absolute atomic E-state index is 12.1. The van der Waals surface area contributed by atoms with Gasteiger partial charge in [0.2, 0.25) is 8.03 Å². The van der Waals surface area contributed by atoms with Crippen LogP contribution in [0.3, 0.4) is 0 Å². The zero-order valence-electron chi connectivity index (χ0n) is 14.2. The number of carbonyl (C=O) groups is 1. The second-order valence-electron chi connectivity index (χ2n) is 5.33. The van der Waals surface area contributed by atoms with Crippen LogP contribution in [0.2, 0.25) is 0 Å². The van der Waals surface area contributed by atoms with Crippen molar-refractivity contribution in [1.29, 1.82) is 0 Å². The number of methoxy groups -OCH3 is 1. The Hall–Kier alpha value is -2.30. The Morgan fingerprint density at radius 1 is 1.04 bits per heavy atom. The molecule has 0 aliphatic carbocycles. The number of ether oxygens (including phenoxy) is 2. The van der Waals surface area contributed by atoms with E-state index < -0.39 is 19.9 Å². The Balaban J connectivity index is 1.94. The van der Waals surface area contributed by atoms with E-state index in [-0.39, 0.29) is 6.61 Å². The first-order valence-electron chi connectivity index (χ1n) is 7.80. The monoisotopic (exact) mass is 363 g/mol. The molecule has 134 valence electrons. The van der Waals surface area contributed by atoms with Crippen LogP contribution < -0.4 is 10.1 Å². The number of carbonyl (C=O) groups excluding carboxylic acids is 1. The van der Waals surface area contributed by atoms with Crippen LogP contribution in [0.4, 0.5) is 4.79 Å². The lowest BCUT2D eigenvalue weighted by Gasteiger charge is -2.17. The first kappa shape index (κ1) is 19.0. The van der Waals surface area contributed by atoms with Crippen LogP contribution in [0.15, 0.2) is 54.6 Å². The lowest BCUT2D eigenvalue weighted by molar-refractivity contribution is 0.138. The van der Waals surface area contributed by atoms with Crippen molar-refractivity contribution < 1.29 is 23.4 Å². The van der Waals surface area contributed by atoms with E-state index >= 15 is 0 Å². The van der Waals surface area contributed by atoms with Gasteiger partial charge in [-0.2, -0.15) is 0 Å². The summed E-state index contributed by atoms with van der Waals surface area (Å²) in [5.41, 5.74) is 1.79. The van der Waals surface area contributed by atoms with Crippen molar-refractivity contribution >= 4 is 14.1 Å². The molecular formula is C18H22NO5P. The molecule has 2 atom stereocenters. The van der Waals surface area contributed by atoms with E-state index in [1.807, 2.05) is 54.6 Å². The van der Waals surface area contributed by atoms with E-state index in [0.717, 1.165) is 16.9 Å². The van der Waals surface area contributed by atoms with Crippen LogP contribution in [-0.2, 0) is 26.9 Å². The molecular weight excluding hydrogens is 341 g/mol. The molecule has 1 amide bonds. The fourth-order valence-corrected chi connectivity index (χ4v) is 3.16. The highest BCUT2D eigenvalue weighted by molar-refractivity contribution is 7.40. The molecule has 0 saturated heterocycles. The molecule has 0 aromatic heterocycles. The van der Waals surface area contributed by atoms with Gasteiger partial charge in [-0.1, -0.05) is 42.5 Å². The molecule has 0 radical (unpaired) electrons.